The first kappa shape index (κ1) is 20.9. The van der Waals surface area contributed by atoms with Gasteiger partial charge in [-0.2, -0.15) is 5.48 Å². The Labute approximate surface area is 158 Å². The van der Waals surface area contributed by atoms with E-state index >= 15 is 0 Å². The number of nitrogens with two attached hydrogens (primary N) is 1. The third-order valence-electron chi connectivity index (χ3n) is 4.60. The third-order valence-corrected chi connectivity index (χ3v) is 4.60. The molecule has 1 aromatic rings. The molecule has 1 fully saturated rings. The average molecular weight is 376 g/mol. The Morgan fingerprint density at radius 1 is 1.41 bits per heavy atom. The molecule has 6 N–H and O–H groups in total. The van der Waals surface area contributed by atoms with Gasteiger partial charge in [-0.25, -0.2) is 0 Å². The molecular formula is C19H28N4O4. The molecule has 0 aromatic heterocycles. The van der Waals surface area contributed by atoms with E-state index in [-0.39, 0.29) is 42.8 Å². The van der Waals surface area contributed by atoms with Gasteiger partial charge in [-0.05, 0) is 18.4 Å². The van der Waals surface area contributed by atoms with E-state index in [0.717, 1.165) is 18.4 Å². The highest BCUT2D eigenvalue weighted by Crippen LogP contribution is 2.27. The van der Waals surface area contributed by atoms with Crippen molar-refractivity contribution in [3.63, 3.8) is 0 Å². The largest absolute Gasteiger partial charge is 0.481 e. The lowest BCUT2D eigenvalue weighted by Gasteiger charge is -2.17. The summed E-state index contributed by atoms with van der Waals surface area (Å²) in [6.45, 7) is 2.03. The number of carbonyl (C=O) groups excluding carboxylic acids is 1. The minimum Gasteiger partial charge on any atom is -0.481 e. The molecule has 3 atom stereocenters. The van der Waals surface area contributed by atoms with Gasteiger partial charge in [-0.1, -0.05) is 44.0 Å². The fourth-order valence-corrected chi connectivity index (χ4v) is 3.14. The number of carboxylic acid groups (broad SMARTS) is 1. The van der Waals surface area contributed by atoms with Crippen LogP contribution in [0, 0.1) is 5.41 Å². The summed E-state index contributed by atoms with van der Waals surface area (Å²) in [6.07, 6.45) is 2.94. The molecule has 8 nitrogen and oxygen atoms in total. The fourth-order valence-electron chi connectivity index (χ4n) is 3.14. The van der Waals surface area contributed by atoms with Gasteiger partial charge in [0.25, 0.3) is 0 Å². The number of hydrogen-bond donors (Lipinski definition) is 5. The Bertz CT molecular complexity index is 662. The maximum absolute atomic E-state index is 12.3. The van der Waals surface area contributed by atoms with Crippen molar-refractivity contribution in [3.8, 4) is 0 Å². The van der Waals surface area contributed by atoms with E-state index in [0.29, 0.717) is 18.4 Å². The summed E-state index contributed by atoms with van der Waals surface area (Å²) in [4.78, 5) is 28.7. The molecule has 1 aliphatic rings. The van der Waals surface area contributed by atoms with Crippen molar-refractivity contribution in [1.82, 2.24) is 10.8 Å². The zero-order valence-electron chi connectivity index (χ0n) is 15.5. The lowest BCUT2D eigenvalue weighted by molar-refractivity contribution is -0.137. The first-order valence-corrected chi connectivity index (χ1v) is 9.25. The van der Waals surface area contributed by atoms with Crippen LogP contribution in [0.5, 0.6) is 0 Å². The summed E-state index contributed by atoms with van der Waals surface area (Å²) >= 11 is 0. The molecule has 1 heterocycles. The van der Waals surface area contributed by atoms with Gasteiger partial charge < -0.3 is 16.2 Å². The van der Waals surface area contributed by atoms with Gasteiger partial charge in [-0.3, -0.25) is 19.8 Å². The maximum atomic E-state index is 12.3. The number of amidine groups is 1. The number of benzene rings is 1. The smallest absolute Gasteiger partial charge is 0.305 e. The van der Waals surface area contributed by atoms with E-state index in [2.05, 4.69) is 10.8 Å². The predicted molar refractivity (Wildman–Crippen MR) is 101 cm³/mol. The summed E-state index contributed by atoms with van der Waals surface area (Å²) in [6, 6.07) is 6.94. The number of nitrogens with one attached hydrogen (secondary N) is 3. The van der Waals surface area contributed by atoms with Crippen molar-refractivity contribution < 1.29 is 19.5 Å². The number of hydrogen-bond acceptors (Lipinski definition) is 5. The summed E-state index contributed by atoms with van der Waals surface area (Å²) in [5, 5.41) is 19.2. The molecule has 0 radical (unpaired) electrons. The Morgan fingerprint density at radius 2 is 2.11 bits per heavy atom. The van der Waals surface area contributed by atoms with Gasteiger partial charge in [-0.15, -0.1) is 0 Å². The quantitative estimate of drug-likeness (QED) is 0.312. The van der Waals surface area contributed by atoms with E-state index in [1.165, 1.54) is 0 Å². The van der Waals surface area contributed by atoms with Gasteiger partial charge in [0.05, 0.1) is 25.0 Å². The number of amides is 1. The molecule has 1 amide bonds. The van der Waals surface area contributed by atoms with Crippen molar-refractivity contribution in [1.29, 1.82) is 5.41 Å². The molecule has 27 heavy (non-hydrogen) atoms. The standard InChI is InChI=1S/C19H28N4O4/c1-2-3-4-14(9-18(25)26)22-17(24)11-15-10-16(23-27-15)12-5-7-13(8-6-12)19(20)21/h5-8,14-16,23H,2-4,9-11H2,1H3,(H3,20,21)(H,22,24)(H,25,26)/t14-,15-,16+/m1/s1. The number of aliphatic carboxylic acids is 1. The second kappa shape index (κ2) is 10.0. The Hall–Kier alpha value is -2.45. The average Bonchev–Trinajstić information content (AvgIpc) is 3.07. The van der Waals surface area contributed by atoms with Crippen LogP contribution >= 0.6 is 0 Å². The van der Waals surface area contributed by atoms with Crippen molar-refractivity contribution >= 4 is 17.7 Å². The lowest BCUT2D eigenvalue weighted by atomic mass is 9.99. The molecule has 0 aliphatic carbocycles. The normalized spacial score (nSPS) is 20.2. The minimum atomic E-state index is -0.913. The number of nitrogen functional groups attached to an aromatic ring is 1. The Balaban J connectivity index is 1.84. The molecular weight excluding hydrogens is 348 g/mol. The number of unbranched alkanes of at least 4 members (excludes halogenated alkanes) is 1. The van der Waals surface area contributed by atoms with E-state index < -0.39 is 5.97 Å². The van der Waals surface area contributed by atoms with Crippen LogP contribution < -0.4 is 16.5 Å². The fraction of sp³-hybridized carbons (Fsp3) is 0.526. The highest BCUT2D eigenvalue weighted by Gasteiger charge is 2.29. The monoisotopic (exact) mass is 376 g/mol. The first-order valence-electron chi connectivity index (χ1n) is 9.25. The van der Waals surface area contributed by atoms with Crippen LogP contribution in [0.1, 0.15) is 62.6 Å². The summed E-state index contributed by atoms with van der Waals surface area (Å²) < 4.78 is 0. The van der Waals surface area contributed by atoms with E-state index in [9.17, 15) is 9.59 Å². The number of carbonyl (C=O) groups is 2. The summed E-state index contributed by atoms with van der Waals surface area (Å²) in [5.41, 5.74) is 10.0. The van der Waals surface area contributed by atoms with Crippen LogP contribution in [0.15, 0.2) is 24.3 Å². The van der Waals surface area contributed by atoms with E-state index in [1.807, 2.05) is 19.1 Å². The van der Waals surface area contributed by atoms with Crippen molar-refractivity contribution in [2.75, 3.05) is 0 Å². The van der Waals surface area contributed by atoms with Crippen LogP contribution in [0.25, 0.3) is 0 Å². The minimum absolute atomic E-state index is 0.0192. The number of carboxylic acids is 1. The second-order valence-corrected chi connectivity index (χ2v) is 6.89. The second-order valence-electron chi connectivity index (χ2n) is 6.89. The number of rotatable bonds is 10. The predicted octanol–water partition coefficient (Wildman–Crippen LogP) is 1.85. The van der Waals surface area contributed by atoms with Gasteiger partial charge in [0.15, 0.2) is 0 Å². The molecule has 8 heteroatoms. The highest BCUT2D eigenvalue weighted by atomic mass is 16.7. The van der Waals surface area contributed by atoms with Gasteiger partial charge in [0, 0.05) is 11.6 Å². The van der Waals surface area contributed by atoms with Crippen molar-refractivity contribution in [2.45, 2.75) is 63.6 Å². The Morgan fingerprint density at radius 3 is 2.70 bits per heavy atom. The van der Waals surface area contributed by atoms with E-state index in [4.69, 9.17) is 21.1 Å². The third kappa shape index (κ3) is 6.65. The van der Waals surface area contributed by atoms with Crippen LogP contribution in [0.2, 0.25) is 0 Å². The van der Waals surface area contributed by atoms with Crippen molar-refractivity contribution in [3.05, 3.63) is 35.4 Å². The van der Waals surface area contributed by atoms with E-state index in [1.54, 1.807) is 12.1 Å². The molecule has 0 unspecified atom stereocenters. The Kier molecular flexibility index (Phi) is 7.75. The topological polar surface area (TPSA) is 138 Å². The highest BCUT2D eigenvalue weighted by molar-refractivity contribution is 5.94. The van der Waals surface area contributed by atoms with Crippen LogP contribution in [-0.2, 0) is 14.4 Å². The molecule has 0 saturated carbocycles. The molecule has 2 rings (SSSR count). The van der Waals surface area contributed by atoms with Crippen LogP contribution in [-0.4, -0.2) is 35.0 Å². The maximum Gasteiger partial charge on any atom is 0.305 e. The summed E-state index contributed by atoms with van der Waals surface area (Å²) in [5.74, 6) is -1.09. The van der Waals surface area contributed by atoms with Crippen LogP contribution in [0.4, 0.5) is 0 Å². The SMILES string of the molecule is CCCC[C@H](CC(=O)O)NC(=O)C[C@H]1C[C@@H](c2ccc(C(=N)N)cc2)NO1. The lowest BCUT2D eigenvalue weighted by Crippen LogP contribution is -2.38. The van der Waals surface area contributed by atoms with Crippen molar-refractivity contribution in [2.24, 2.45) is 5.73 Å². The zero-order chi connectivity index (χ0) is 19.8. The number of hydroxylamine groups is 1. The molecule has 0 spiro atoms. The first-order chi connectivity index (χ1) is 12.9. The van der Waals surface area contributed by atoms with Crippen LogP contribution in [0.3, 0.4) is 0 Å². The molecule has 1 aromatic carbocycles. The molecule has 148 valence electrons. The molecule has 0 bridgehead atoms. The van der Waals surface area contributed by atoms with Gasteiger partial charge in [0.1, 0.15) is 5.84 Å². The summed E-state index contributed by atoms with van der Waals surface area (Å²) in [7, 11) is 0. The zero-order valence-corrected chi connectivity index (χ0v) is 15.5. The van der Waals surface area contributed by atoms with Gasteiger partial charge in [0.2, 0.25) is 5.91 Å². The molecule has 1 saturated heterocycles. The molecule has 1 aliphatic heterocycles. The van der Waals surface area contributed by atoms with Gasteiger partial charge >= 0.3 is 5.97 Å².